The number of nitriles is 1. The van der Waals surface area contributed by atoms with E-state index in [9.17, 15) is 14.9 Å². The predicted octanol–water partition coefficient (Wildman–Crippen LogP) is 8.72. The number of carbonyl (C=O) groups is 2. The summed E-state index contributed by atoms with van der Waals surface area (Å²) >= 11 is 13.2. The van der Waals surface area contributed by atoms with Crippen molar-refractivity contribution in [2.45, 2.75) is 91.8 Å². The Balaban J connectivity index is 1.31. The second-order valence-electron chi connectivity index (χ2n) is 14.6. The maximum Gasteiger partial charge on any atom is 0.407 e. The number of hydrogen-bond acceptors (Lipinski definition) is 7. The van der Waals surface area contributed by atoms with Crippen LogP contribution in [-0.2, 0) is 29.0 Å². The first-order chi connectivity index (χ1) is 24.5. The van der Waals surface area contributed by atoms with E-state index >= 15 is 0 Å². The molecule has 12 heteroatoms. The van der Waals surface area contributed by atoms with Gasteiger partial charge in [0.15, 0.2) is 0 Å². The number of aromatic amines is 1. The Morgan fingerprint density at radius 1 is 1.12 bits per heavy atom. The lowest BCUT2D eigenvalue weighted by atomic mass is 9.67. The normalized spacial score (nSPS) is 22.5. The van der Waals surface area contributed by atoms with Gasteiger partial charge in [-0.2, -0.15) is 10.2 Å². The van der Waals surface area contributed by atoms with Crippen LogP contribution in [-0.4, -0.2) is 33.2 Å². The minimum Gasteiger partial charge on any atom is -0.445 e. The Kier molecular flexibility index (Phi) is 11.0. The molecule has 2 aromatic heterocycles. The molecule has 2 aliphatic rings. The van der Waals surface area contributed by atoms with E-state index in [-0.39, 0.29) is 59.9 Å². The van der Waals surface area contributed by atoms with Gasteiger partial charge < -0.3 is 24.9 Å². The Bertz CT molecular complexity index is 1920. The van der Waals surface area contributed by atoms with Crippen molar-refractivity contribution in [3.8, 4) is 6.07 Å². The molecule has 3 N–H and O–H groups in total. The molecule has 6 rings (SSSR count). The van der Waals surface area contributed by atoms with Crippen molar-refractivity contribution in [1.82, 2.24) is 25.8 Å². The summed E-state index contributed by atoms with van der Waals surface area (Å²) in [6.45, 7) is 10.7. The van der Waals surface area contributed by atoms with Crippen LogP contribution in [0.3, 0.4) is 0 Å². The third kappa shape index (κ3) is 7.47. The zero-order chi connectivity index (χ0) is 36.4. The van der Waals surface area contributed by atoms with Gasteiger partial charge in [-0.05, 0) is 83.7 Å². The van der Waals surface area contributed by atoms with Crippen molar-refractivity contribution in [2.24, 2.45) is 35.0 Å². The van der Waals surface area contributed by atoms with Gasteiger partial charge >= 0.3 is 6.09 Å². The molecular formula is C39H46Cl2N6O4. The van der Waals surface area contributed by atoms with Crippen LogP contribution in [0.25, 0.3) is 10.9 Å². The van der Waals surface area contributed by atoms with Crippen LogP contribution in [0.4, 0.5) is 4.79 Å². The number of H-pyrrole nitrogens is 1. The standard InChI is InChI=1S/C39H46Cl2N6O4/c1-6-21(3)33(46-38(49)50-20-24-11-9-8-10-12-24)23(5)26-17-29(26)39(37(48)45-34(22(4)7-2)36-44-32(19-42)47-51-36)14-13-31-28(18-39)27-15-25(40)16-30(41)35(27)43-31/h8-12,15-16,21-23,26,29,33-34,43H,6-7,13-14,17-18,20H2,1-5H3,(H,45,48)(H,46,49)/t21?,22?,23?,26?,29?,33-,34-,39+/m0/s1. The molecule has 0 saturated heterocycles. The number of nitrogens with one attached hydrogen (secondary N) is 3. The summed E-state index contributed by atoms with van der Waals surface area (Å²) in [4.78, 5) is 35.9. The second kappa shape index (κ2) is 15.3. The number of rotatable bonds is 13. The molecule has 0 spiro atoms. The van der Waals surface area contributed by atoms with E-state index in [4.69, 9.17) is 32.5 Å². The number of nitrogens with zero attached hydrogens (tertiary/aromatic N) is 3. The highest BCUT2D eigenvalue weighted by molar-refractivity contribution is 6.38. The molecule has 0 bridgehead atoms. The summed E-state index contributed by atoms with van der Waals surface area (Å²) in [5.74, 6) is 0.536. The quantitative estimate of drug-likeness (QED) is 0.125. The van der Waals surface area contributed by atoms with Gasteiger partial charge in [0.25, 0.3) is 5.82 Å². The van der Waals surface area contributed by atoms with E-state index < -0.39 is 17.6 Å². The van der Waals surface area contributed by atoms with Crippen molar-refractivity contribution in [1.29, 1.82) is 5.26 Å². The summed E-state index contributed by atoms with van der Waals surface area (Å²) in [7, 11) is 0. The third-order valence-electron chi connectivity index (χ3n) is 11.6. The molecule has 1 fully saturated rings. The Morgan fingerprint density at radius 3 is 2.55 bits per heavy atom. The summed E-state index contributed by atoms with van der Waals surface area (Å²) in [5, 5.41) is 21.7. The largest absolute Gasteiger partial charge is 0.445 e. The lowest BCUT2D eigenvalue weighted by molar-refractivity contribution is -0.135. The van der Waals surface area contributed by atoms with Crippen LogP contribution in [0.1, 0.15) is 94.9 Å². The number of aromatic nitrogens is 3. The number of ether oxygens (including phenoxy) is 1. The van der Waals surface area contributed by atoms with E-state index in [1.807, 2.05) is 56.3 Å². The van der Waals surface area contributed by atoms with Gasteiger partial charge in [-0.1, -0.05) is 101 Å². The maximum absolute atomic E-state index is 15.0. The molecule has 10 nitrogen and oxygen atoms in total. The van der Waals surface area contributed by atoms with Crippen LogP contribution in [0.15, 0.2) is 47.0 Å². The Labute approximate surface area is 309 Å². The lowest BCUT2D eigenvalue weighted by Gasteiger charge is -2.39. The van der Waals surface area contributed by atoms with Gasteiger partial charge in [0.1, 0.15) is 18.7 Å². The average molecular weight is 734 g/mol. The number of benzene rings is 2. The molecule has 0 radical (unpaired) electrons. The van der Waals surface area contributed by atoms with E-state index in [2.05, 4.69) is 46.5 Å². The first-order valence-electron chi connectivity index (χ1n) is 18.0. The average Bonchev–Trinajstić information content (AvgIpc) is 3.67. The number of halogens is 2. The first kappa shape index (κ1) is 36.7. The summed E-state index contributed by atoms with van der Waals surface area (Å²) in [5.41, 5.74) is 3.10. The second-order valence-corrected chi connectivity index (χ2v) is 15.5. The van der Waals surface area contributed by atoms with Crippen molar-refractivity contribution in [3.63, 3.8) is 0 Å². The van der Waals surface area contributed by atoms with Gasteiger partial charge in [-0.25, -0.2) is 4.79 Å². The number of carbonyl (C=O) groups excluding carboxylic acids is 2. The van der Waals surface area contributed by atoms with Gasteiger partial charge in [0.2, 0.25) is 11.8 Å². The molecule has 2 heterocycles. The van der Waals surface area contributed by atoms with Crippen molar-refractivity contribution in [3.05, 3.63) is 81.0 Å². The van der Waals surface area contributed by atoms with Crippen LogP contribution in [0, 0.1) is 46.3 Å². The van der Waals surface area contributed by atoms with Gasteiger partial charge in [0.05, 0.1) is 16.0 Å². The van der Waals surface area contributed by atoms with Crippen molar-refractivity contribution in [2.75, 3.05) is 0 Å². The van der Waals surface area contributed by atoms with E-state index in [1.165, 1.54) is 0 Å². The number of fused-ring (bicyclic) bond motifs is 3. The molecular weight excluding hydrogens is 687 g/mol. The van der Waals surface area contributed by atoms with Gasteiger partial charge in [-0.3, -0.25) is 4.79 Å². The summed E-state index contributed by atoms with van der Waals surface area (Å²) < 4.78 is 11.1. The topological polar surface area (TPSA) is 146 Å². The lowest BCUT2D eigenvalue weighted by Crippen LogP contribution is -2.50. The smallest absolute Gasteiger partial charge is 0.407 e. The van der Waals surface area contributed by atoms with Crippen molar-refractivity contribution < 1.29 is 18.8 Å². The molecule has 8 atom stereocenters. The SMILES string of the molecule is CCC(C)[C@H](NC(=O)OCc1ccccc1)C(C)C1CC1[C@@]1(C(=O)N[C@H](c2nc(C#N)no2)C(C)CC)CCc2[nH]c3c(Cl)cc(Cl)cc3c2C1. The summed E-state index contributed by atoms with van der Waals surface area (Å²) in [6, 6.07) is 14.5. The zero-order valence-corrected chi connectivity index (χ0v) is 31.3. The van der Waals surface area contributed by atoms with Gasteiger partial charge in [0, 0.05) is 22.1 Å². The minimum atomic E-state index is -0.770. The highest BCUT2D eigenvalue weighted by atomic mass is 35.5. The monoisotopic (exact) mass is 732 g/mol. The molecule has 270 valence electrons. The number of alkyl carbamates (subject to hydrolysis) is 1. The molecule has 1 saturated carbocycles. The van der Waals surface area contributed by atoms with Crippen molar-refractivity contribution >= 4 is 46.1 Å². The fourth-order valence-electron chi connectivity index (χ4n) is 8.19. The minimum absolute atomic E-state index is 0.0300. The molecule has 4 aromatic rings. The highest BCUT2D eigenvalue weighted by Gasteiger charge is 2.60. The van der Waals surface area contributed by atoms with E-state index in [0.29, 0.717) is 29.3 Å². The van der Waals surface area contributed by atoms with Crippen LogP contribution in [0.2, 0.25) is 10.0 Å². The predicted molar refractivity (Wildman–Crippen MR) is 196 cm³/mol. The first-order valence-corrected chi connectivity index (χ1v) is 18.7. The van der Waals surface area contributed by atoms with Crippen LogP contribution in [0.5, 0.6) is 0 Å². The van der Waals surface area contributed by atoms with Gasteiger partial charge in [-0.15, -0.1) is 0 Å². The molecule has 51 heavy (non-hydrogen) atoms. The molecule has 5 unspecified atom stereocenters. The molecule has 0 aliphatic heterocycles. The highest BCUT2D eigenvalue weighted by Crippen LogP contribution is 2.61. The van der Waals surface area contributed by atoms with E-state index in [1.54, 1.807) is 6.07 Å². The molecule has 2 aliphatic carbocycles. The fraction of sp³-hybridized carbons (Fsp3) is 0.513. The maximum atomic E-state index is 15.0. The van der Waals surface area contributed by atoms with E-state index in [0.717, 1.165) is 47.0 Å². The Morgan fingerprint density at radius 2 is 1.86 bits per heavy atom. The number of aryl methyl sites for hydroxylation is 1. The number of amides is 2. The summed E-state index contributed by atoms with van der Waals surface area (Å²) in [6.07, 6.45) is 3.81. The number of hydrogen-bond donors (Lipinski definition) is 3. The fourth-order valence-corrected chi connectivity index (χ4v) is 8.73. The Hall–Kier alpha value is -4.07. The van der Waals surface area contributed by atoms with Crippen LogP contribution >= 0.6 is 23.2 Å². The van der Waals surface area contributed by atoms with Crippen LogP contribution < -0.4 is 10.6 Å². The third-order valence-corrected chi connectivity index (χ3v) is 12.2. The molecule has 2 amide bonds. The zero-order valence-electron chi connectivity index (χ0n) is 29.8. The molecule has 2 aromatic carbocycles.